The Hall–Kier alpha value is -1.26. The lowest BCUT2D eigenvalue weighted by Gasteiger charge is -2.11. The second-order valence-electron chi connectivity index (χ2n) is 3.48. The minimum Gasteiger partial charge on any atom is -0.408 e. The van der Waals surface area contributed by atoms with Gasteiger partial charge in [-0.2, -0.15) is 0 Å². The highest BCUT2D eigenvalue weighted by atomic mass is 35.5. The summed E-state index contributed by atoms with van der Waals surface area (Å²) >= 11 is 5.67. The Bertz CT molecular complexity index is 517. The van der Waals surface area contributed by atoms with Gasteiger partial charge in [0.25, 0.3) is 0 Å². The minimum absolute atomic E-state index is 0.423. The topological polar surface area (TPSA) is 49.2 Å². The van der Waals surface area contributed by atoms with Crippen molar-refractivity contribution in [1.29, 1.82) is 0 Å². The molecular weight excluding hydrogens is 216 g/mol. The molecule has 0 spiro atoms. The van der Waals surface area contributed by atoms with Crippen molar-refractivity contribution in [3.8, 4) is 0 Å². The number of hydrogen-bond acceptors (Lipinski definition) is 3. The van der Waals surface area contributed by atoms with Gasteiger partial charge in [0.05, 0.1) is 11.5 Å². The Morgan fingerprint density at radius 1 is 1.53 bits per heavy atom. The largest absolute Gasteiger partial charge is 0.417 e. The predicted molar refractivity (Wildman–Crippen MR) is 59.0 cm³/mol. The van der Waals surface area contributed by atoms with Crippen LogP contribution in [0.4, 0.5) is 0 Å². The first kappa shape index (κ1) is 10.3. The van der Waals surface area contributed by atoms with E-state index in [1.807, 2.05) is 30.1 Å². The average Bonchev–Trinajstić information content (AvgIpc) is 2.57. The van der Waals surface area contributed by atoms with E-state index >= 15 is 0 Å². The van der Waals surface area contributed by atoms with Crippen molar-refractivity contribution >= 4 is 22.7 Å². The Morgan fingerprint density at radius 2 is 2.33 bits per heavy atom. The Balaban J connectivity index is 2.34. The quantitative estimate of drug-likeness (QED) is 0.641. The molecule has 1 aromatic heterocycles. The van der Waals surface area contributed by atoms with Crippen molar-refractivity contribution in [2.45, 2.75) is 6.54 Å². The van der Waals surface area contributed by atoms with Crippen molar-refractivity contribution in [2.75, 3.05) is 13.1 Å². The number of nitrogens with one attached hydrogen (secondary N) is 1. The molecule has 2 rings (SSSR count). The Morgan fingerprint density at radius 3 is 3.07 bits per heavy atom. The van der Waals surface area contributed by atoms with Crippen LogP contribution < -0.4 is 5.76 Å². The third-order valence-electron chi connectivity index (χ3n) is 2.14. The van der Waals surface area contributed by atoms with Crippen molar-refractivity contribution in [3.63, 3.8) is 0 Å². The Labute approximate surface area is 91.4 Å². The maximum absolute atomic E-state index is 10.9. The van der Waals surface area contributed by atoms with Gasteiger partial charge in [-0.05, 0) is 24.7 Å². The van der Waals surface area contributed by atoms with Gasteiger partial charge in [-0.1, -0.05) is 6.07 Å². The first-order valence-electron chi connectivity index (χ1n) is 4.55. The van der Waals surface area contributed by atoms with Crippen LogP contribution >= 0.6 is 11.6 Å². The number of aromatic amines is 1. The second kappa shape index (κ2) is 4.08. The van der Waals surface area contributed by atoms with Crippen LogP contribution in [-0.2, 0) is 6.54 Å². The number of fused-ring (bicyclic) bond motifs is 1. The number of nitrogens with zero attached hydrogens (tertiary/aromatic N) is 1. The number of benzene rings is 1. The van der Waals surface area contributed by atoms with Crippen LogP contribution in [0.2, 0.25) is 0 Å². The second-order valence-corrected chi connectivity index (χ2v) is 3.72. The van der Waals surface area contributed by atoms with E-state index in [1.165, 1.54) is 0 Å². The monoisotopic (exact) mass is 226 g/mol. The summed E-state index contributed by atoms with van der Waals surface area (Å²) in [6, 6.07) is 6.08. The van der Waals surface area contributed by atoms with Crippen LogP contribution in [-0.4, -0.2) is 22.9 Å². The lowest BCUT2D eigenvalue weighted by Crippen LogP contribution is -2.15. The van der Waals surface area contributed by atoms with E-state index in [0.717, 1.165) is 17.6 Å². The zero-order valence-electron chi connectivity index (χ0n) is 8.29. The lowest BCUT2D eigenvalue weighted by atomic mass is 10.2. The maximum Gasteiger partial charge on any atom is 0.417 e. The third kappa shape index (κ3) is 2.22. The molecule has 0 amide bonds. The van der Waals surface area contributed by atoms with E-state index in [4.69, 9.17) is 16.0 Å². The fourth-order valence-corrected chi connectivity index (χ4v) is 1.53. The summed E-state index contributed by atoms with van der Waals surface area (Å²) in [7, 11) is 1.92. The van der Waals surface area contributed by atoms with Crippen molar-refractivity contribution in [3.05, 3.63) is 34.3 Å². The maximum atomic E-state index is 10.9. The predicted octanol–water partition coefficient (Wildman–Crippen LogP) is 1.75. The fraction of sp³-hybridized carbons (Fsp3) is 0.300. The molecule has 0 aliphatic rings. The zero-order chi connectivity index (χ0) is 10.8. The highest BCUT2D eigenvalue weighted by molar-refractivity contribution is 6.17. The van der Waals surface area contributed by atoms with Crippen LogP contribution in [0.3, 0.4) is 0 Å². The molecule has 0 unspecified atom stereocenters. The summed E-state index contributed by atoms with van der Waals surface area (Å²) in [5.74, 6) is -0.423. The Kier molecular flexibility index (Phi) is 2.79. The number of aromatic nitrogens is 1. The van der Waals surface area contributed by atoms with Crippen LogP contribution in [0.1, 0.15) is 5.56 Å². The first-order chi connectivity index (χ1) is 7.19. The van der Waals surface area contributed by atoms with Gasteiger partial charge in [-0.3, -0.25) is 9.88 Å². The number of rotatable bonds is 3. The van der Waals surface area contributed by atoms with E-state index in [1.54, 1.807) is 0 Å². The summed E-state index contributed by atoms with van der Waals surface area (Å²) in [6.45, 7) is 0.730. The SMILES string of the molecule is CN(CCl)Cc1ccc2[nH]c(=O)oc2c1. The summed E-state index contributed by atoms with van der Waals surface area (Å²) < 4.78 is 4.96. The van der Waals surface area contributed by atoms with E-state index in [2.05, 4.69) is 4.98 Å². The minimum atomic E-state index is -0.423. The van der Waals surface area contributed by atoms with Gasteiger partial charge in [0, 0.05) is 6.54 Å². The summed E-state index contributed by atoms with van der Waals surface area (Å²) in [5, 5.41) is 0. The van der Waals surface area contributed by atoms with E-state index < -0.39 is 5.76 Å². The number of oxazole rings is 1. The molecule has 0 aliphatic carbocycles. The van der Waals surface area contributed by atoms with Crippen LogP contribution in [0, 0.1) is 0 Å². The molecule has 80 valence electrons. The molecule has 1 heterocycles. The van der Waals surface area contributed by atoms with Crippen molar-refractivity contribution < 1.29 is 4.42 Å². The summed E-state index contributed by atoms with van der Waals surface area (Å²) in [4.78, 5) is 15.5. The first-order valence-corrected chi connectivity index (χ1v) is 5.09. The number of H-pyrrole nitrogens is 1. The van der Waals surface area contributed by atoms with Crippen LogP contribution in [0.25, 0.3) is 11.1 Å². The molecule has 1 N–H and O–H groups in total. The lowest BCUT2D eigenvalue weighted by molar-refractivity contribution is 0.382. The van der Waals surface area contributed by atoms with Crippen LogP contribution in [0.15, 0.2) is 27.4 Å². The van der Waals surface area contributed by atoms with E-state index in [0.29, 0.717) is 11.6 Å². The smallest absolute Gasteiger partial charge is 0.408 e. The van der Waals surface area contributed by atoms with E-state index in [-0.39, 0.29) is 0 Å². The molecule has 0 saturated heterocycles. The van der Waals surface area contributed by atoms with Gasteiger partial charge in [0.2, 0.25) is 0 Å². The normalized spacial score (nSPS) is 11.4. The number of alkyl halides is 1. The van der Waals surface area contributed by atoms with Gasteiger partial charge in [-0.15, -0.1) is 11.6 Å². The molecule has 1 aromatic carbocycles. The third-order valence-corrected chi connectivity index (χ3v) is 2.55. The summed E-state index contributed by atoms with van der Waals surface area (Å²) in [6.07, 6.45) is 0. The number of halogens is 1. The van der Waals surface area contributed by atoms with Gasteiger partial charge in [0.1, 0.15) is 0 Å². The zero-order valence-corrected chi connectivity index (χ0v) is 9.04. The van der Waals surface area contributed by atoms with E-state index in [9.17, 15) is 4.79 Å². The fourth-order valence-electron chi connectivity index (χ4n) is 1.44. The summed E-state index contributed by atoms with van der Waals surface area (Å²) in [5.41, 5.74) is 2.37. The average molecular weight is 227 g/mol. The molecule has 5 heteroatoms. The molecule has 0 radical (unpaired) electrons. The molecule has 0 fully saturated rings. The van der Waals surface area contributed by atoms with Gasteiger partial charge in [0.15, 0.2) is 5.58 Å². The standard InChI is InChI=1S/C10H11ClN2O2/c1-13(6-11)5-7-2-3-8-9(4-7)15-10(14)12-8/h2-4H,5-6H2,1H3,(H,12,14). The molecule has 0 atom stereocenters. The van der Waals surface area contributed by atoms with Gasteiger partial charge >= 0.3 is 5.76 Å². The molecule has 0 bridgehead atoms. The molecular formula is C10H11ClN2O2. The highest BCUT2D eigenvalue weighted by Gasteiger charge is 2.03. The van der Waals surface area contributed by atoms with Crippen molar-refractivity contribution in [1.82, 2.24) is 9.88 Å². The highest BCUT2D eigenvalue weighted by Crippen LogP contribution is 2.13. The van der Waals surface area contributed by atoms with Crippen LogP contribution in [0.5, 0.6) is 0 Å². The van der Waals surface area contributed by atoms with Gasteiger partial charge in [-0.25, -0.2) is 4.79 Å². The molecule has 0 aliphatic heterocycles. The molecule has 15 heavy (non-hydrogen) atoms. The molecule has 0 saturated carbocycles. The van der Waals surface area contributed by atoms with Crippen molar-refractivity contribution in [2.24, 2.45) is 0 Å². The molecule has 2 aromatic rings. The molecule has 4 nitrogen and oxygen atoms in total. The van der Waals surface area contributed by atoms with Gasteiger partial charge < -0.3 is 4.42 Å². The number of hydrogen-bond donors (Lipinski definition) is 1.